The zero-order valence-electron chi connectivity index (χ0n) is 17.9. The Morgan fingerprint density at radius 3 is 2.27 bits per heavy atom. The summed E-state index contributed by atoms with van der Waals surface area (Å²) in [6.07, 6.45) is 1.35. The van der Waals surface area contributed by atoms with Crippen LogP contribution in [0.1, 0.15) is 30.0 Å². The number of likely N-dealkylation sites (N-methyl/N-ethyl adjacent to an activating group) is 1. The molecule has 0 fully saturated rings. The van der Waals surface area contributed by atoms with Gasteiger partial charge in [-0.2, -0.15) is 0 Å². The Kier molecular flexibility index (Phi) is 11.5. The lowest BCUT2D eigenvalue weighted by Crippen LogP contribution is -2.43. The van der Waals surface area contributed by atoms with E-state index in [2.05, 4.69) is 35.1 Å². The molecule has 8 heteroatoms. The minimum absolute atomic E-state index is 0.0252. The van der Waals surface area contributed by atoms with E-state index in [1.54, 1.807) is 5.01 Å². The summed E-state index contributed by atoms with van der Waals surface area (Å²) in [4.78, 5) is 21.0. The highest BCUT2D eigenvalue weighted by atomic mass is 35.5. The second-order valence-corrected chi connectivity index (χ2v) is 7.18. The fourth-order valence-corrected chi connectivity index (χ4v) is 2.93. The summed E-state index contributed by atoms with van der Waals surface area (Å²) < 4.78 is 0. The predicted molar refractivity (Wildman–Crippen MR) is 123 cm³/mol. The second-order valence-electron chi connectivity index (χ2n) is 6.75. The number of nitrogens with zero attached hydrogens (tertiary/aromatic N) is 2. The highest BCUT2D eigenvalue weighted by Gasteiger charge is 2.24. The number of halogens is 1. The van der Waals surface area contributed by atoms with Crippen molar-refractivity contribution >= 4 is 29.6 Å². The minimum Gasteiger partial charge on any atom is -0.376 e. The molecule has 2 aromatic carbocycles. The Balaban J connectivity index is 0.000000564. The van der Waals surface area contributed by atoms with Crippen LogP contribution in [0.3, 0.4) is 0 Å². The number of aryl methyl sites for hydroxylation is 1. The smallest absolute Gasteiger partial charge is 0.255 e. The number of hydrogen-bond acceptors (Lipinski definition) is 5. The Bertz CT molecular complexity index is 789. The number of benzene rings is 2. The van der Waals surface area contributed by atoms with Crippen molar-refractivity contribution < 1.29 is 9.59 Å². The zero-order chi connectivity index (χ0) is 22.5. The standard InChI is InChI=1S/C18H20ClN3O.C3H9N.CH3NO/c1-13-7-8-16(19)9-17(13)20-10-18(23)21(2)22-11-14-5-3-4-6-15(14)12-22;1-2-3-4;2-1-3/h3-9,20H,10-12H2,1-2H3;2-4H2,1H3;1H,(H2,2,3). The molecule has 0 unspecified atom stereocenters. The monoisotopic (exact) mass is 433 g/mol. The summed E-state index contributed by atoms with van der Waals surface area (Å²) in [6, 6.07) is 13.9. The topological polar surface area (TPSA) is 105 Å². The van der Waals surface area contributed by atoms with E-state index in [9.17, 15) is 4.79 Å². The van der Waals surface area contributed by atoms with Crippen LogP contribution in [0.5, 0.6) is 0 Å². The lowest BCUT2D eigenvalue weighted by atomic mass is 10.1. The molecule has 5 N–H and O–H groups in total. The van der Waals surface area contributed by atoms with Gasteiger partial charge in [0.15, 0.2) is 0 Å². The van der Waals surface area contributed by atoms with Crippen molar-refractivity contribution in [1.29, 1.82) is 0 Å². The molecule has 3 rings (SSSR count). The summed E-state index contributed by atoms with van der Waals surface area (Å²) in [7, 11) is 1.82. The first-order chi connectivity index (χ1) is 14.4. The Labute approximate surface area is 183 Å². The summed E-state index contributed by atoms with van der Waals surface area (Å²) in [6.45, 7) is 6.65. The van der Waals surface area contributed by atoms with Crippen LogP contribution in [0, 0.1) is 6.92 Å². The molecule has 7 nitrogen and oxygen atoms in total. The van der Waals surface area contributed by atoms with Gasteiger partial charge in [0.2, 0.25) is 6.41 Å². The average Bonchev–Trinajstić information content (AvgIpc) is 3.18. The maximum absolute atomic E-state index is 12.4. The third-order valence-corrected chi connectivity index (χ3v) is 4.76. The van der Waals surface area contributed by atoms with Crippen LogP contribution < -0.4 is 16.8 Å². The number of carbonyl (C=O) groups is 2. The van der Waals surface area contributed by atoms with Gasteiger partial charge in [-0.25, -0.2) is 5.01 Å². The number of carbonyl (C=O) groups excluding carboxylic acids is 2. The first kappa shape index (κ1) is 25.4. The zero-order valence-corrected chi connectivity index (χ0v) is 18.7. The lowest BCUT2D eigenvalue weighted by molar-refractivity contribution is -0.144. The van der Waals surface area contributed by atoms with E-state index in [0.717, 1.165) is 37.3 Å². The van der Waals surface area contributed by atoms with E-state index in [-0.39, 0.29) is 18.9 Å². The van der Waals surface area contributed by atoms with E-state index < -0.39 is 0 Å². The van der Waals surface area contributed by atoms with Crippen LogP contribution in [0.2, 0.25) is 5.02 Å². The summed E-state index contributed by atoms with van der Waals surface area (Å²) in [5.74, 6) is 0.0252. The highest BCUT2D eigenvalue weighted by molar-refractivity contribution is 6.30. The lowest BCUT2D eigenvalue weighted by Gasteiger charge is -2.28. The number of amides is 2. The van der Waals surface area contributed by atoms with Crippen LogP contribution in [-0.4, -0.2) is 42.5 Å². The summed E-state index contributed by atoms with van der Waals surface area (Å²) in [5.41, 5.74) is 13.7. The van der Waals surface area contributed by atoms with Crippen molar-refractivity contribution in [1.82, 2.24) is 10.0 Å². The van der Waals surface area contributed by atoms with Gasteiger partial charge in [-0.05, 0) is 48.7 Å². The van der Waals surface area contributed by atoms with Crippen molar-refractivity contribution in [2.45, 2.75) is 33.4 Å². The fraction of sp³-hybridized carbons (Fsp3) is 0.364. The molecule has 0 bridgehead atoms. The van der Waals surface area contributed by atoms with Crippen molar-refractivity contribution in [2.24, 2.45) is 11.5 Å². The number of hydrogen-bond donors (Lipinski definition) is 3. The van der Waals surface area contributed by atoms with Crippen LogP contribution >= 0.6 is 11.6 Å². The molecule has 0 aromatic heterocycles. The van der Waals surface area contributed by atoms with Crippen LogP contribution in [-0.2, 0) is 22.7 Å². The molecule has 1 aliphatic heterocycles. The van der Waals surface area contributed by atoms with Gasteiger partial charge in [-0.1, -0.05) is 48.9 Å². The SMILES string of the molecule is CCCN.Cc1ccc(Cl)cc1NCC(=O)N(C)N1Cc2ccccc2C1.NC=O. The molecular formula is C22H32ClN5O2. The molecule has 30 heavy (non-hydrogen) atoms. The largest absolute Gasteiger partial charge is 0.376 e. The van der Waals surface area contributed by atoms with E-state index in [1.807, 2.05) is 44.3 Å². The number of nitrogens with two attached hydrogens (primary N) is 2. The van der Waals surface area contributed by atoms with Crippen molar-refractivity contribution in [3.05, 3.63) is 64.2 Å². The van der Waals surface area contributed by atoms with Gasteiger partial charge >= 0.3 is 0 Å². The van der Waals surface area contributed by atoms with Gasteiger partial charge in [-0.3, -0.25) is 14.6 Å². The van der Waals surface area contributed by atoms with Crippen LogP contribution in [0.25, 0.3) is 0 Å². The quantitative estimate of drug-likeness (QED) is 0.629. The first-order valence-corrected chi connectivity index (χ1v) is 10.2. The third kappa shape index (κ3) is 8.02. The molecule has 0 saturated carbocycles. The maximum atomic E-state index is 12.4. The third-order valence-electron chi connectivity index (χ3n) is 4.53. The normalized spacial score (nSPS) is 11.9. The average molecular weight is 434 g/mol. The molecule has 1 aliphatic rings. The highest BCUT2D eigenvalue weighted by Crippen LogP contribution is 2.23. The number of primary amides is 1. The van der Waals surface area contributed by atoms with E-state index in [0.29, 0.717) is 5.02 Å². The first-order valence-electron chi connectivity index (χ1n) is 9.81. The second kappa shape index (κ2) is 13.6. The van der Waals surface area contributed by atoms with Gasteiger partial charge in [0.25, 0.3) is 5.91 Å². The van der Waals surface area contributed by atoms with Gasteiger partial charge in [0, 0.05) is 30.8 Å². The predicted octanol–water partition coefficient (Wildman–Crippen LogP) is 2.91. The molecule has 0 saturated heterocycles. The molecule has 1 heterocycles. The molecule has 2 amide bonds. The Morgan fingerprint density at radius 1 is 1.23 bits per heavy atom. The van der Waals surface area contributed by atoms with E-state index in [4.69, 9.17) is 22.1 Å². The number of fused-ring (bicyclic) bond motifs is 1. The maximum Gasteiger partial charge on any atom is 0.255 e. The molecule has 0 atom stereocenters. The van der Waals surface area contributed by atoms with E-state index in [1.165, 1.54) is 11.1 Å². The number of rotatable bonds is 5. The fourth-order valence-electron chi connectivity index (χ4n) is 2.75. The van der Waals surface area contributed by atoms with Gasteiger partial charge in [-0.15, -0.1) is 0 Å². The summed E-state index contributed by atoms with van der Waals surface area (Å²) >= 11 is 6.01. The molecule has 0 radical (unpaired) electrons. The van der Waals surface area contributed by atoms with Crippen molar-refractivity contribution in [3.8, 4) is 0 Å². The number of nitrogens with one attached hydrogen (secondary N) is 1. The molecular weight excluding hydrogens is 402 g/mol. The molecule has 0 aliphatic carbocycles. The molecule has 164 valence electrons. The minimum atomic E-state index is 0.0252. The van der Waals surface area contributed by atoms with Crippen LogP contribution in [0.15, 0.2) is 42.5 Å². The Morgan fingerprint density at radius 2 is 1.77 bits per heavy atom. The number of anilines is 1. The number of hydrazine groups is 1. The summed E-state index contributed by atoms with van der Waals surface area (Å²) in [5, 5.41) is 7.59. The molecule has 0 spiro atoms. The van der Waals surface area contributed by atoms with Crippen molar-refractivity contribution in [2.75, 3.05) is 25.5 Å². The van der Waals surface area contributed by atoms with Gasteiger partial charge in [0.1, 0.15) is 0 Å². The van der Waals surface area contributed by atoms with E-state index >= 15 is 0 Å². The van der Waals surface area contributed by atoms with Gasteiger partial charge in [0.05, 0.1) is 6.54 Å². The van der Waals surface area contributed by atoms with Gasteiger partial charge < -0.3 is 16.8 Å². The Hall–Kier alpha value is -2.61. The van der Waals surface area contributed by atoms with Crippen molar-refractivity contribution in [3.63, 3.8) is 0 Å². The van der Waals surface area contributed by atoms with Crippen LogP contribution in [0.4, 0.5) is 5.69 Å². The molecule has 2 aromatic rings.